The number of ether oxygens (including phenoxy) is 2. The molecule has 0 radical (unpaired) electrons. The molecule has 0 aliphatic carbocycles. The number of benzene rings is 1. The number of hydrogen-bond acceptors (Lipinski definition) is 5. The first-order chi connectivity index (χ1) is 9.99. The fourth-order valence-electron chi connectivity index (χ4n) is 1.74. The normalized spacial score (nSPS) is 10.2. The van der Waals surface area contributed by atoms with Crippen molar-refractivity contribution in [2.75, 3.05) is 39.6 Å². The lowest BCUT2D eigenvalue weighted by Crippen LogP contribution is -2.36. The Bertz CT molecular complexity index is 508. The zero-order valence-electron chi connectivity index (χ0n) is 12.1. The first-order valence-electron chi connectivity index (χ1n) is 6.39. The summed E-state index contributed by atoms with van der Waals surface area (Å²) >= 11 is 0. The van der Waals surface area contributed by atoms with Gasteiger partial charge in [0.05, 0.1) is 25.7 Å². The second-order valence-corrected chi connectivity index (χ2v) is 4.34. The average Bonchev–Trinajstić information content (AvgIpc) is 2.46. The van der Waals surface area contributed by atoms with E-state index in [1.54, 1.807) is 0 Å². The van der Waals surface area contributed by atoms with Crippen LogP contribution in [-0.2, 0) is 14.3 Å². The minimum atomic E-state index is -0.512. The maximum absolute atomic E-state index is 13.0. The number of nitrogen functional groups attached to an aromatic ring is 1. The molecule has 0 bridgehead atoms. The molecule has 0 spiro atoms. The van der Waals surface area contributed by atoms with Crippen LogP contribution in [0.5, 0.6) is 0 Å². The van der Waals surface area contributed by atoms with Crippen molar-refractivity contribution < 1.29 is 23.5 Å². The van der Waals surface area contributed by atoms with Crippen LogP contribution >= 0.6 is 0 Å². The van der Waals surface area contributed by atoms with Crippen LogP contribution in [0.3, 0.4) is 0 Å². The van der Waals surface area contributed by atoms with Crippen molar-refractivity contribution in [3.8, 4) is 0 Å². The molecule has 116 valence electrons. The number of halogens is 1. The van der Waals surface area contributed by atoms with Crippen molar-refractivity contribution in [1.29, 1.82) is 0 Å². The number of carbonyl (C=O) groups excluding carboxylic acids is 2. The summed E-state index contributed by atoms with van der Waals surface area (Å²) < 4.78 is 22.5. The van der Waals surface area contributed by atoms with Gasteiger partial charge in [0, 0.05) is 25.9 Å². The molecule has 0 saturated heterocycles. The van der Waals surface area contributed by atoms with Gasteiger partial charge in [-0.3, -0.25) is 9.59 Å². The first-order valence-corrected chi connectivity index (χ1v) is 6.39. The molecular weight excluding hydrogens is 279 g/mol. The van der Waals surface area contributed by atoms with Crippen LogP contribution in [0, 0.1) is 5.82 Å². The average molecular weight is 298 g/mol. The summed E-state index contributed by atoms with van der Waals surface area (Å²) in [5.74, 6) is -1.31. The molecule has 21 heavy (non-hydrogen) atoms. The lowest BCUT2D eigenvalue weighted by molar-refractivity contribution is -0.140. The Morgan fingerprint density at radius 1 is 1.29 bits per heavy atom. The maximum atomic E-state index is 13.0. The highest BCUT2D eigenvalue weighted by atomic mass is 19.1. The molecule has 6 nitrogen and oxygen atoms in total. The third kappa shape index (κ3) is 5.03. The van der Waals surface area contributed by atoms with Gasteiger partial charge in [0.1, 0.15) is 5.82 Å². The van der Waals surface area contributed by atoms with Crippen molar-refractivity contribution in [2.45, 2.75) is 6.42 Å². The number of nitrogens with zero attached hydrogens (tertiary/aromatic N) is 1. The minimum absolute atomic E-state index is 0.0560. The molecule has 0 aliphatic heterocycles. The Balaban J connectivity index is 2.85. The van der Waals surface area contributed by atoms with Gasteiger partial charge in [-0.15, -0.1) is 0 Å². The van der Waals surface area contributed by atoms with E-state index in [9.17, 15) is 14.0 Å². The van der Waals surface area contributed by atoms with E-state index in [-0.39, 0.29) is 30.1 Å². The standard InChI is InChI=1S/C14H19FN2O4/c1-20-8-7-17(6-5-13(18)21-2)14(19)11-4-3-10(15)9-12(11)16/h3-4,9H,5-8,16H2,1-2H3. The topological polar surface area (TPSA) is 81.9 Å². The van der Waals surface area contributed by atoms with Crippen molar-refractivity contribution >= 4 is 17.6 Å². The SMILES string of the molecule is COCCN(CCC(=O)OC)C(=O)c1ccc(F)cc1N. The smallest absolute Gasteiger partial charge is 0.307 e. The number of nitrogens with two attached hydrogens (primary N) is 1. The summed E-state index contributed by atoms with van der Waals surface area (Å²) in [6.07, 6.45) is 0.0626. The Hall–Kier alpha value is -2.15. The number of amides is 1. The highest BCUT2D eigenvalue weighted by Gasteiger charge is 2.19. The molecule has 0 atom stereocenters. The van der Waals surface area contributed by atoms with E-state index in [2.05, 4.69) is 4.74 Å². The van der Waals surface area contributed by atoms with Crippen molar-refractivity contribution in [3.63, 3.8) is 0 Å². The van der Waals surface area contributed by atoms with Crippen molar-refractivity contribution in [3.05, 3.63) is 29.6 Å². The summed E-state index contributed by atoms with van der Waals surface area (Å²) in [5, 5.41) is 0. The molecule has 0 aromatic heterocycles. The molecule has 2 N–H and O–H groups in total. The summed E-state index contributed by atoms with van der Waals surface area (Å²) in [5.41, 5.74) is 5.91. The second kappa shape index (κ2) is 8.21. The monoisotopic (exact) mass is 298 g/mol. The van der Waals surface area contributed by atoms with Gasteiger partial charge in [-0.2, -0.15) is 0 Å². The predicted molar refractivity (Wildman–Crippen MR) is 75.2 cm³/mol. The van der Waals surface area contributed by atoms with Crippen LogP contribution in [0.15, 0.2) is 18.2 Å². The third-order valence-electron chi connectivity index (χ3n) is 2.91. The van der Waals surface area contributed by atoms with Gasteiger partial charge in [-0.1, -0.05) is 0 Å². The molecular formula is C14H19FN2O4. The van der Waals surface area contributed by atoms with Gasteiger partial charge in [0.25, 0.3) is 5.91 Å². The molecule has 0 saturated carbocycles. The van der Waals surface area contributed by atoms with Gasteiger partial charge >= 0.3 is 5.97 Å². The maximum Gasteiger partial charge on any atom is 0.307 e. The predicted octanol–water partition coefficient (Wildman–Crippen LogP) is 1.06. The quantitative estimate of drug-likeness (QED) is 0.601. The molecule has 0 unspecified atom stereocenters. The summed E-state index contributed by atoms with van der Waals surface area (Å²) in [7, 11) is 2.79. The van der Waals surface area contributed by atoms with Crippen LogP contribution in [-0.4, -0.2) is 50.7 Å². The highest BCUT2D eigenvalue weighted by Crippen LogP contribution is 2.16. The summed E-state index contributed by atoms with van der Waals surface area (Å²) in [6.45, 7) is 0.781. The van der Waals surface area contributed by atoms with Crippen LogP contribution < -0.4 is 5.73 Å². The Labute approximate surface area is 122 Å². The Kier molecular flexibility index (Phi) is 6.61. The summed E-state index contributed by atoms with van der Waals surface area (Å²) in [6, 6.07) is 3.57. The number of methoxy groups -OCH3 is 2. The molecule has 1 aromatic carbocycles. The number of rotatable bonds is 7. The van der Waals surface area contributed by atoms with E-state index in [0.717, 1.165) is 6.07 Å². The van der Waals surface area contributed by atoms with E-state index in [4.69, 9.17) is 10.5 Å². The van der Waals surface area contributed by atoms with Gasteiger partial charge in [0.2, 0.25) is 0 Å². The van der Waals surface area contributed by atoms with Crippen LogP contribution in [0.25, 0.3) is 0 Å². The number of esters is 1. The van der Waals surface area contributed by atoms with Crippen LogP contribution in [0.4, 0.5) is 10.1 Å². The van der Waals surface area contributed by atoms with Gasteiger partial charge in [-0.05, 0) is 18.2 Å². The van der Waals surface area contributed by atoms with Crippen molar-refractivity contribution in [1.82, 2.24) is 4.90 Å². The summed E-state index contributed by atoms with van der Waals surface area (Å²) in [4.78, 5) is 25.0. The fourth-order valence-corrected chi connectivity index (χ4v) is 1.74. The molecule has 0 aliphatic rings. The number of carbonyl (C=O) groups is 2. The van der Waals surface area contributed by atoms with E-state index in [1.165, 1.54) is 31.3 Å². The Morgan fingerprint density at radius 3 is 2.57 bits per heavy atom. The Morgan fingerprint density at radius 2 is 2.00 bits per heavy atom. The second-order valence-electron chi connectivity index (χ2n) is 4.34. The van der Waals surface area contributed by atoms with Gasteiger partial charge in [0.15, 0.2) is 0 Å². The van der Waals surface area contributed by atoms with Crippen LogP contribution in [0.2, 0.25) is 0 Å². The number of anilines is 1. The largest absolute Gasteiger partial charge is 0.469 e. The molecule has 1 amide bonds. The van der Waals surface area contributed by atoms with Gasteiger partial charge < -0.3 is 20.1 Å². The minimum Gasteiger partial charge on any atom is -0.469 e. The number of hydrogen-bond donors (Lipinski definition) is 1. The zero-order valence-corrected chi connectivity index (χ0v) is 12.1. The molecule has 0 heterocycles. The lowest BCUT2D eigenvalue weighted by atomic mass is 10.1. The van der Waals surface area contributed by atoms with Crippen LogP contribution in [0.1, 0.15) is 16.8 Å². The molecule has 0 fully saturated rings. The van der Waals surface area contributed by atoms with Crippen molar-refractivity contribution in [2.24, 2.45) is 0 Å². The molecule has 7 heteroatoms. The first kappa shape index (κ1) is 16.9. The highest BCUT2D eigenvalue weighted by molar-refractivity contribution is 5.99. The lowest BCUT2D eigenvalue weighted by Gasteiger charge is -2.22. The molecule has 1 aromatic rings. The van der Waals surface area contributed by atoms with E-state index < -0.39 is 11.8 Å². The van der Waals surface area contributed by atoms with E-state index >= 15 is 0 Å². The fraction of sp³-hybridized carbons (Fsp3) is 0.429. The van der Waals surface area contributed by atoms with Gasteiger partial charge in [-0.25, -0.2) is 4.39 Å². The molecule has 1 rings (SSSR count). The van der Waals surface area contributed by atoms with E-state index in [1.807, 2.05) is 0 Å². The van der Waals surface area contributed by atoms with E-state index in [0.29, 0.717) is 13.2 Å². The third-order valence-corrected chi connectivity index (χ3v) is 2.91. The zero-order chi connectivity index (χ0) is 15.8.